The van der Waals surface area contributed by atoms with Gasteiger partial charge in [0, 0.05) is 46.2 Å². The molecule has 0 unspecified atom stereocenters. The van der Waals surface area contributed by atoms with E-state index in [1.54, 1.807) is 30.3 Å². The Balaban J connectivity index is 1.12. The van der Waals surface area contributed by atoms with E-state index in [-0.39, 0.29) is 58.8 Å². The molecule has 4 aliphatic heterocycles. The third kappa shape index (κ3) is 4.14. The van der Waals surface area contributed by atoms with Gasteiger partial charge in [-0.3, -0.25) is 4.79 Å². The fraction of sp³-hybridized carbons (Fsp3) is 0.300. The van der Waals surface area contributed by atoms with Crippen LogP contribution in [0.25, 0.3) is 0 Å². The van der Waals surface area contributed by atoms with Crippen LogP contribution in [0.1, 0.15) is 52.7 Å². The zero-order chi connectivity index (χ0) is 28.3. The summed E-state index contributed by atoms with van der Waals surface area (Å²) in [6.45, 7) is 0. The normalized spacial score (nSPS) is 22.5. The van der Waals surface area contributed by atoms with Gasteiger partial charge >= 0.3 is 18.0 Å². The molecule has 0 aromatic heterocycles. The van der Waals surface area contributed by atoms with Crippen LogP contribution in [-0.2, 0) is 15.1 Å². The lowest BCUT2D eigenvalue weighted by Gasteiger charge is -2.36. The van der Waals surface area contributed by atoms with Gasteiger partial charge in [-0.25, -0.2) is 9.59 Å². The molecule has 41 heavy (non-hydrogen) atoms. The van der Waals surface area contributed by atoms with Gasteiger partial charge in [0.25, 0.3) is 0 Å². The molecule has 4 heterocycles. The average molecular weight is 575 g/mol. The standard InChI is InChI=1S/C30H26N2O8S/c33-15-8-10-17-22(12-15)38-23-13-16(34)9-11-18(23)30(17)19-4-3-5-21(26(19)28(36)40-30)39-25(35)7-2-1-6-24-27-20(14-41-24)31-29(37)32-27/h3-5,8-13,20,24,27,33-34H,1-2,6-7,14H2,(H2,31,32,37)/t20-,24-,27-/m0/s1. The zero-order valence-corrected chi connectivity index (χ0v) is 22.5. The topological polar surface area (TPSA) is 143 Å². The number of hydrogen-bond donors (Lipinski definition) is 4. The van der Waals surface area contributed by atoms with Gasteiger partial charge in [-0.2, -0.15) is 11.8 Å². The van der Waals surface area contributed by atoms with E-state index < -0.39 is 17.5 Å². The lowest BCUT2D eigenvalue weighted by Crippen LogP contribution is -2.36. The molecule has 3 aromatic carbocycles. The monoisotopic (exact) mass is 574 g/mol. The lowest BCUT2D eigenvalue weighted by molar-refractivity contribution is -0.134. The molecule has 0 aliphatic carbocycles. The molecule has 0 bridgehead atoms. The van der Waals surface area contributed by atoms with E-state index in [2.05, 4.69) is 10.6 Å². The largest absolute Gasteiger partial charge is 0.508 e. The smallest absolute Gasteiger partial charge is 0.344 e. The summed E-state index contributed by atoms with van der Waals surface area (Å²) in [5, 5.41) is 26.4. The highest BCUT2D eigenvalue weighted by atomic mass is 32.2. The van der Waals surface area contributed by atoms with Crippen molar-refractivity contribution >= 4 is 29.7 Å². The first kappa shape index (κ1) is 25.6. The van der Waals surface area contributed by atoms with Crippen molar-refractivity contribution in [2.45, 2.75) is 48.6 Å². The summed E-state index contributed by atoms with van der Waals surface area (Å²) < 4.78 is 17.8. The number of carbonyl (C=O) groups is 3. The summed E-state index contributed by atoms with van der Waals surface area (Å²) in [6, 6.07) is 14.2. The summed E-state index contributed by atoms with van der Waals surface area (Å²) in [4.78, 5) is 37.9. The Kier molecular flexibility index (Phi) is 6.00. The summed E-state index contributed by atoms with van der Waals surface area (Å²) in [5.74, 6) is 0.338. The van der Waals surface area contributed by atoms with Gasteiger partial charge in [-0.15, -0.1) is 0 Å². The molecular formula is C30H26N2O8S. The molecule has 3 atom stereocenters. The van der Waals surface area contributed by atoms with E-state index in [4.69, 9.17) is 14.2 Å². The summed E-state index contributed by atoms with van der Waals surface area (Å²) in [6.07, 6.45) is 2.47. The number of hydrogen-bond acceptors (Lipinski definition) is 9. The Morgan fingerprint density at radius 3 is 2.44 bits per heavy atom. The quantitative estimate of drug-likeness (QED) is 0.147. The number of esters is 2. The number of ether oxygens (including phenoxy) is 3. The highest BCUT2D eigenvalue weighted by molar-refractivity contribution is 8.00. The second-order valence-electron chi connectivity index (χ2n) is 10.6. The molecule has 2 amide bonds. The van der Waals surface area contributed by atoms with Crippen LogP contribution < -0.4 is 20.1 Å². The molecule has 2 fully saturated rings. The van der Waals surface area contributed by atoms with E-state index in [0.717, 1.165) is 18.6 Å². The van der Waals surface area contributed by atoms with Gasteiger partial charge in [0.15, 0.2) is 5.60 Å². The van der Waals surface area contributed by atoms with Gasteiger partial charge in [0.05, 0.1) is 12.1 Å². The fourth-order valence-corrected chi connectivity index (χ4v) is 7.78. The second kappa shape index (κ2) is 9.62. The first-order valence-electron chi connectivity index (χ1n) is 13.4. The molecule has 1 spiro atoms. The van der Waals surface area contributed by atoms with Crippen LogP contribution in [0.2, 0.25) is 0 Å². The van der Waals surface area contributed by atoms with Gasteiger partial charge in [-0.05, 0) is 43.2 Å². The molecule has 3 aromatic rings. The Morgan fingerprint density at radius 2 is 1.71 bits per heavy atom. The Labute approximate surface area is 239 Å². The van der Waals surface area contributed by atoms with Gasteiger partial charge in [-0.1, -0.05) is 18.6 Å². The van der Waals surface area contributed by atoms with Crippen molar-refractivity contribution in [2.24, 2.45) is 0 Å². The minimum Gasteiger partial charge on any atom is -0.508 e. The van der Waals surface area contributed by atoms with Crippen LogP contribution in [0.5, 0.6) is 28.7 Å². The van der Waals surface area contributed by atoms with Crippen molar-refractivity contribution in [2.75, 3.05) is 5.75 Å². The van der Waals surface area contributed by atoms with Crippen LogP contribution in [0.15, 0.2) is 54.6 Å². The predicted molar refractivity (Wildman–Crippen MR) is 148 cm³/mol. The van der Waals surface area contributed by atoms with Crippen LogP contribution >= 0.6 is 11.8 Å². The Morgan fingerprint density at radius 1 is 0.976 bits per heavy atom. The Bertz CT molecular complexity index is 1560. The Hall–Kier alpha value is -4.38. The van der Waals surface area contributed by atoms with Crippen molar-refractivity contribution in [1.29, 1.82) is 0 Å². The molecule has 7 rings (SSSR count). The van der Waals surface area contributed by atoms with E-state index in [0.29, 0.717) is 28.4 Å². The van der Waals surface area contributed by atoms with E-state index in [1.807, 2.05) is 11.8 Å². The third-order valence-electron chi connectivity index (χ3n) is 8.05. The van der Waals surface area contributed by atoms with Crippen LogP contribution in [-0.4, -0.2) is 51.3 Å². The average Bonchev–Trinajstić information content (AvgIpc) is 3.58. The number of aromatic hydroxyl groups is 2. The van der Waals surface area contributed by atoms with Crippen LogP contribution in [0.3, 0.4) is 0 Å². The maximum Gasteiger partial charge on any atom is 0.344 e. The summed E-state index contributed by atoms with van der Waals surface area (Å²) in [5.41, 5.74) is 0.156. The van der Waals surface area contributed by atoms with E-state index in [9.17, 15) is 24.6 Å². The van der Waals surface area contributed by atoms with Crippen molar-refractivity contribution in [3.05, 3.63) is 76.9 Å². The molecule has 210 valence electrons. The first-order chi connectivity index (χ1) is 19.8. The SMILES string of the molecule is O=C1N[C@H]2[C@H](CS[C@H]2CCCCC(=O)Oc2cccc3c2C(=O)OC32c3ccc(O)cc3Oc3cc(O)ccc32)N1. The van der Waals surface area contributed by atoms with E-state index in [1.165, 1.54) is 24.3 Å². The molecule has 2 saturated heterocycles. The predicted octanol–water partition coefficient (Wildman–Crippen LogP) is 4.30. The number of rotatable bonds is 6. The first-order valence-corrected chi connectivity index (χ1v) is 14.5. The van der Waals surface area contributed by atoms with Crippen LogP contribution in [0.4, 0.5) is 4.79 Å². The highest BCUT2D eigenvalue weighted by Crippen LogP contribution is 2.58. The number of fused-ring (bicyclic) bond motifs is 7. The third-order valence-corrected chi connectivity index (χ3v) is 9.55. The highest BCUT2D eigenvalue weighted by Gasteiger charge is 2.54. The fourth-order valence-electron chi connectivity index (χ4n) is 6.23. The molecule has 10 nitrogen and oxygen atoms in total. The number of phenolic OH excluding ortho intramolecular Hbond substituents is 2. The number of amides is 2. The second-order valence-corrected chi connectivity index (χ2v) is 11.8. The number of urea groups is 1. The maximum absolute atomic E-state index is 13.4. The number of thioether (sulfide) groups is 1. The van der Waals surface area contributed by atoms with Crippen molar-refractivity contribution in [3.63, 3.8) is 0 Å². The van der Waals surface area contributed by atoms with Gasteiger partial charge < -0.3 is 35.1 Å². The summed E-state index contributed by atoms with van der Waals surface area (Å²) >= 11 is 1.83. The maximum atomic E-state index is 13.4. The molecule has 0 radical (unpaired) electrons. The molecule has 4 aliphatic rings. The zero-order valence-electron chi connectivity index (χ0n) is 21.7. The summed E-state index contributed by atoms with van der Waals surface area (Å²) in [7, 11) is 0. The van der Waals surface area contributed by atoms with Crippen LogP contribution in [0, 0.1) is 0 Å². The van der Waals surface area contributed by atoms with Crippen molar-refractivity contribution < 1.29 is 38.8 Å². The molecule has 4 N–H and O–H groups in total. The molecular weight excluding hydrogens is 548 g/mol. The molecule has 0 saturated carbocycles. The number of carbonyl (C=O) groups excluding carboxylic acids is 3. The number of phenols is 2. The van der Waals surface area contributed by atoms with Crippen molar-refractivity contribution in [3.8, 4) is 28.7 Å². The van der Waals surface area contributed by atoms with Gasteiger partial charge in [0.2, 0.25) is 0 Å². The number of benzene rings is 3. The van der Waals surface area contributed by atoms with E-state index >= 15 is 0 Å². The van der Waals surface area contributed by atoms with Crippen molar-refractivity contribution in [1.82, 2.24) is 10.6 Å². The minimum atomic E-state index is -1.43. The minimum absolute atomic E-state index is 0.0364. The van der Waals surface area contributed by atoms with Gasteiger partial charge in [0.1, 0.15) is 34.3 Å². The molecule has 11 heteroatoms. The lowest BCUT2D eigenvalue weighted by atomic mass is 9.77. The number of unbranched alkanes of at least 4 members (excludes halogenated alkanes) is 1. The number of nitrogens with one attached hydrogen (secondary N) is 2.